The fourth-order valence-corrected chi connectivity index (χ4v) is 5.91. The van der Waals surface area contributed by atoms with Crippen LogP contribution in [0.1, 0.15) is 61.6 Å². The third kappa shape index (κ3) is 6.53. The second-order valence-corrected chi connectivity index (χ2v) is 11.4. The standard InChI is InChI=1S/C33H40N4O3/c1-24(2)23-40-31-15-11-26(12-16-31)33(39)35-20-27-8-4-5-10-32(27)36(25(3)38)19-17-29-13-14-30(22-35)37(29)21-28-9-6-7-18-34-28/h4-12,15-16,18,24,29-30H,13-14,17,19-23H2,1-3H3/t29-,30+/m0/s1. The van der Waals surface area contributed by atoms with Gasteiger partial charge in [-0.05, 0) is 73.2 Å². The number of aromatic nitrogens is 1. The van der Waals surface area contributed by atoms with E-state index in [1.54, 1.807) is 6.92 Å². The van der Waals surface area contributed by atoms with Crippen LogP contribution in [-0.2, 0) is 17.9 Å². The second kappa shape index (κ2) is 12.6. The maximum absolute atomic E-state index is 14.1. The van der Waals surface area contributed by atoms with Crippen LogP contribution in [0.5, 0.6) is 5.75 Å². The molecule has 7 nitrogen and oxygen atoms in total. The molecule has 3 heterocycles. The van der Waals surface area contributed by atoms with Crippen molar-refractivity contribution in [3.63, 3.8) is 0 Å². The Labute approximate surface area is 237 Å². The minimum absolute atomic E-state index is 0.0138. The molecule has 40 heavy (non-hydrogen) atoms. The van der Waals surface area contributed by atoms with E-state index in [4.69, 9.17) is 4.74 Å². The fraction of sp³-hybridized carbons (Fsp3) is 0.424. The summed E-state index contributed by atoms with van der Waals surface area (Å²) in [5.41, 5.74) is 3.53. The molecule has 2 aliphatic heterocycles. The van der Waals surface area contributed by atoms with Crippen LogP contribution in [0.4, 0.5) is 5.69 Å². The van der Waals surface area contributed by atoms with Crippen molar-refractivity contribution in [2.75, 3.05) is 24.6 Å². The predicted octanol–water partition coefficient (Wildman–Crippen LogP) is 5.55. The minimum Gasteiger partial charge on any atom is -0.493 e. The number of nitrogens with zero attached hydrogens (tertiary/aromatic N) is 4. The van der Waals surface area contributed by atoms with Crippen LogP contribution < -0.4 is 9.64 Å². The van der Waals surface area contributed by atoms with Crippen molar-refractivity contribution in [3.05, 3.63) is 89.7 Å². The van der Waals surface area contributed by atoms with E-state index in [2.05, 4.69) is 29.8 Å². The van der Waals surface area contributed by atoms with E-state index in [1.807, 2.05) is 76.7 Å². The summed E-state index contributed by atoms with van der Waals surface area (Å²) in [5, 5.41) is 0. The van der Waals surface area contributed by atoms with Crippen molar-refractivity contribution in [1.29, 1.82) is 0 Å². The van der Waals surface area contributed by atoms with Gasteiger partial charge in [0.1, 0.15) is 5.75 Å². The first-order valence-corrected chi connectivity index (χ1v) is 14.4. The average molecular weight is 541 g/mol. The van der Waals surface area contributed by atoms with Crippen LogP contribution in [0.25, 0.3) is 0 Å². The molecule has 3 aromatic rings. The molecule has 1 fully saturated rings. The highest BCUT2D eigenvalue weighted by Crippen LogP contribution is 2.33. The number of carbonyl (C=O) groups is 2. The zero-order valence-corrected chi connectivity index (χ0v) is 23.8. The lowest BCUT2D eigenvalue weighted by atomic mass is 10.1. The van der Waals surface area contributed by atoms with Gasteiger partial charge in [0, 0.05) is 62.6 Å². The number of anilines is 1. The van der Waals surface area contributed by atoms with Crippen molar-refractivity contribution in [2.45, 2.75) is 65.2 Å². The molecule has 0 saturated carbocycles. The Morgan fingerprint density at radius 1 is 0.950 bits per heavy atom. The number of carbonyl (C=O) groups excluding carboxylic acids is 2. The van der Waals surface area contributed by atoms with Crippen molar-refractivity contribution < 1.29 is 14.3 Å². The van der Waals surface area contributed by atoms with E-state index in [-0.39, 0.29) is 17.9 Å². The summed E-state index contributed by atoms with van der Waals surface area (Å²) in [6.45, 7) is 8.92. The van der Waals surface area contributed by atoms with Gasteiger partial charge in [-0.2, -0.15) is 0 Å². The van der Waals surface area contributed by atoms with Gasteiger partial charge in [0.25, 0.3) is 5.91 Å². The van der Waals surface area contributed by atoms with Crippen LogP contribution in [-0.4, -0.2) is 58.4 Å². The highest BCUT2D eigenvalue weighted by atomic mass is 16.5. The Kier molecular flexibility index (Phi) is 8.80. The van der Waals surface area contributed by atoms with Crippen molar-refractivity contribution in [3.8, 4) is 5.75 Å². The van der Waals surface area contributed by atoms with Gasteiger partial charge in [-0.1, -0.05) is 38.1 Å². The summed E-state index contributed by atoms with van der Waals surface area (Å²) < 4.78 is 5.84. The second-order valence-electron chi connectivity index (χ2n) is 11.4. The molecule has 210 valence electrons. The van der Waals surface area contributed by atoms with Gasteiger partial charge in [-0.25, -0.2) is 0 Å². The van der Waals surface area contributed by atoms with E-state index >= 15 is 0 Å². The van der Waals surface area contributed by atoms with Gasteiger partial charge < -0.3 is 14.5 Å². The Hall–Kier alpha value is -3.71. The van der Waals surface area contributed by atoms with Crippen molar-refractivity contribution in [1.82, 2.24) is 14.8 Å². The molecule has 1 aromatic heterocycles. The zero-order valence-electron chi connectivity index (χ0n) is 23.8. The lowest BCUT2D eigenvalue weighted by Gasteiger charge is -2.33. The van der Waals surface area contributed by atoms with E-state index < -0.39 is 0 Å². The number of ether oxygens (including phenoxy) is 1. The number of fused-ring (bicyclic) bond motifs is 3. The number of hydrogen-bond donors (Lipinski definition) is 0. The van der Waals surface area contributed by atoms with Crippen LogP contribution in [0.2, 0.25) is 0 Å². The van der Waals surface area contributed by atoms with E-state index in [9.17, 15) is 9.59 Å². The normalized spacial score (nSPS) is 19.7. The van der Waals surface area contributed by atoms with Crippen molar-refractivity contribution in [2.24, 2.45) is 5.92 Å². The maximum atomic E-state index is 14.1. The topological polar surface area (TPSA) is 66.0 Å². The molecule has 0 radical (unpaired) electrons. The van der Waals surface area contributed by atoms with E-state index in [0.717, 1.165) is 48.5 Å². The first-order chi connectivity index (χ1) is 19.4. The molecule has 2 amide bonds. The SMILES string of the molecule is CC(=O)N1CC[C@@H]2CC[C@H](CN(C(=O)c3ccc(OCC(C)C)cc3)Cc3ccccc31)N2Cc1ccccn1. The number of rotatable bonds is 6. The predicted molar refractivity (Wildman–Crippen MR) is 157 cm³/mol. The van der Waals surface area contributed by atoms with Crippen LogP contribution in [0.3, 0.4) is 0 Å². The molecular weight excluding hydrogens is 500 g/mol. The molecule has 2 aromatic carbocycles. The first-order valence-electron chi connectivity index (χ1n) is 14.4. The number of para-hydroxylation sites is 1. The quantitative estimate of drug-likeness (QED) is 0.410. The highest BCUT2D eigenvalue weighted by Gasteiger charge is 2.37. The van der Waals surface area contributed by atoms with E-state index in [0.29, 0.717) is 43.8 Å². The van der Waals surface area contributed by atoms with Gasteiger partial charge in [-0.3, -0.25) is 19.5 Å². The van der Waals surface area contributed by atoms with Gasteiger partial charge in [0.05, 0.1) is 12.3 Å². The summed E-state index contributed by atoms with van der Waals surface area (Å²) in [4.78, 5) is 37.9. The highest BCUT2D eigenvalue weighted by molar-refractivity contribution is 5.95. The number of amides is 2. The third-order valence-corrected chi connectivity index (χ3v) is 7.95. The molecule has 2 aliphatic rings. The van der Waals surface area contributed by atoms with Gasteiger partial charge >= 0.3 is 0 Å². The Morgan fingerprint density at radius 3 is 2.42 bits per heavy atom. The number of hydrogen-bond acceptors (Lipinski definition) is 5. The molecule has 0 spiro atoms. The van der Waals surface area contributed by atoms with Crippen LogP contribution >= 0.6 is 0 Å². The summed E-state index contributed by atoms with van der Waals surface area (Å²) in [7, 11) is 0. The lowest BCUT2D eigenvalue weighted by Crippen LogP contribution is -2.45. The van der Waals surface area contributed by atoms with Crippen LogP contribution in [0, 0.1) is 5.92 Å². The summed E-state index contributed by atoms with van der Waals surface area (Å²) in [5.74, 6) is 1.20. The van der Waals surface area contributed by atoms with E-state index in [1.165, 1.54) is 0 Å². The monoisotopic (exact) mass is 540 g/mol. The molecule has 1 saturated heterocycles. The Bertz CT molecular complexity index is 1290. The fourth-order valence-electron chi connectivity index (χ4n) is 5.91. The third-order valence-electron chi connectivity index (χ3n) is 7.95. The Morgan fingerprint density at radius 2 is 1.70 bits per heavy atom. The first kappa shape index (κ1) is 27.8. The lowest BCUT2D eigenvalue weighted by molar-refractivity contribution is -0.116. The van der Waals surface area contributed by atoms with Gasteiger partial charge in [0.15, 0.2) is 0 Å². The molecule has 7 heteroatoms. The number of pyridine rings is 1. The summed E-state index contributed by atoms with van der Waals surface area (Å²) >= 11 is 0. The molecule has 5 rings (SSSR count). The molecule has 0 aliphatic carbocycles. The zero-order chi connectivity index (χ0) is 28.1. The van der Waals surface area contributed by atoms with Gasteiger partial charge in [0.2, 0.25) is 5.91 Å². The molecule has 2 atom stereocenters. The van der Waals surface area contributed by atoms with Gasteiger partial charge in [-0.15, -0.1) is 0 Å². The maximum Gasteiger partial charge on any atom is 0.254 e. The molecule has 2 bridgehead atoms. The molecular formula is C33H40N4O3. The average Bonchev–Trinajstić information content (AvgIpc) is 3.31. The Balaban J connectivity index is 1.48. The van der Waals surface area contributed by atoms with Crippen molar-refractivity contribution >= 4 is 17.5 Å². The molecule has 0 unspecified atom stereocenters. The number of benzene rings is 2. The summed E-state index contributed by atoms with van der Waals surface area (Å²) in [6.07, 6.45) is 4.75. The smallest absolute Gasteiger partial charge is 0.254 e. The molecule has 0 N–H and O–H groups in total. The van der Waals surface area contributed by atoms with Crippen LogP contribution in [0.15, 0.2) is 72.9 Å². The minimum atomic E-state index is -0.0138. The largest absolute Gasteiger partial charge is 0.493 e. The summed E-state index contributed by atoms with van der Waals surface area (Å²) in [6, 6.07) is 22.0.